The molecule has 39 heavy (non-hydrogen) atoms. The fourth-order valence-corrected chi connectivity index (χ4v) is 3.92. The molecule has 1 amide bonds. The van der Waals surface area contributed by atoms with Crippen LogP contribution in [0.4, 0.5) is 16.0 Å². The van der Waals surface area contributed by atoms with Crippen LogP contribution in [0.2, 0.25) is 0 Å². The van der Waals surface area contributed by atoms with Crippen LogP contribution < -0.4 is 16.4 Å². The van der Waals surface area contributed by atoms with E-state index in [4.69, 9.17) is 5.73 Å². The number of amides is 1. The molecule has 0 saturated heterocycles. The molecule has 0 spiro atoms. The Morgan fingerprint density at radius 3 is 2.46 bits per heavy atom. The molecule has 0 radical (unpaired) electrons. The Labute approximate surface area is 226 Å². The molecule has 1 unspecified atom stereocenters. The zero-order valence-electron chi connectivity index (χ0n) is 21.9. The highest BCUT2D eigenvalue weighted by Crippen LogP contribution is 2.22. The summed E-state index contributed by atoms with van der Waals surface area (Å²) in [7, 11) is 3.89. The summed E-state index contributed by atoms with van der Waals surface area (Å²) in [5.41, 5.74) is 10.6. The largest absolute Gasteiger partial charge is 0.382 e. The van der Waals surface area contributed by atoms with Crippen LogP contribution in [0.5, 0.6) is 0 Å². The maximum absolute atomic E-state index is 13.3. The number of carbonyl (C=O) groups excluding carboxylic acids is 1. The van der Waals surface area contributed by atoms with Crippen LogP contribution in [0.1, 0.15) is 45.7 Å². The molecule has 198 valence electrons. The van der Waals surface area contributed by atoms with Gasteiger partial charge in [-0.1, -0.05) is 36.4 Å². The Hall–Kier alpha value is -4.88. The Morgan fingerprint density at radius 1 is 1.10 bits per heavy atom. The molecule has 0 saturated carbocycles. The van der Waals surface area contributed by atoms with Gasteiger partial charge in [-0.05, 0) is 50.3 Å². The lowest BCUT2D eigenvalue weighted by Crippen LogP contribution is -2.28. The molecule has 0 bridgehead atoms. The van der Waals surface area contributed by atoms with E-state index in [1.807, 2.05) is 49.3 Å². The van der Waals surface area contributed by atoms with Crippen molar-refractivity contribution in [1.29, 1.82) is 5.26 Å². The number of nitrogen functional groups attached to an aromatic ring is 1. The van der Waals surface area contributed by atoms with E-state index in [0.717, 1.165) is 22.4 Å². The molecule has 0 fully saturated rings. The van der Waals surface area contributed by atoms with E-state index in [1.165, 1.54) is 24.4 Å². The van der Waals surface area contributed by atoms with Crippen LogP contribution in [0.3, 0.4) is 0 Å². The third-order valence-electron chi connectivity index (χ3n) is 6.03. The number of nitriles is 1. The number of hydrogen-bond acceptors (Lipinski definition) is 8. The Morgan fingerprint density at radius 2 is 1.82 bits per heavy atom. The van der Waals surface area contributed by atoms with Crippen molar-refractivity contribution in [2.75, 3.05) is 25.1 Å². The van der Waals surface area contributed by atoms with Gasteiger partial charge in [0.05, 0.1) is 34.8 Å². The second kappa shape index (κ2) is 12.1. The van der Waals surface area contributed by atoms with Crippen molar-refractivity contribution in [3.05, 3.63) is 101 Å². The van der Waals surface area contributed by atoms with Gasteiger partial charge in [0, 0.05) is 24.8 Å². The molecule has 0 aliphatic heterocycles. The summed E-state index contributed by atoms with van der Waals surface area (Å²) in [4.78, 5) is 28.3. The van der Waals surface area contributed by atoms with Crippen LogP contribution in [-0.2, 0) is 13.1 Å². The molecule has 4 N–H and O–H groups in total. The minimum Gasteiger partial charge on any atom is -0.382 e. The lowest BCUT2D eigenvalue weighted by Gasteiger charge is -2.16. The van der Waals surface area contributed by atoms with Crippen LogP contribution in [0, 0.1) is 17.1 Å². The normalized spacial score (nSPS) is 11.6. The number of nitrogens with two attached hydrogens (primary N) is 1. The number of aromatic nitrogens is 3. The lowest BCUT2D eigenvalue weighted by molar-refractivity contribution is 0.0940. The number of hydrogen-bond donors (Lipinski definition) is 3. The van der Waals surface area contributed by atoms with Crippen molar-refractivity contribution in [2.45, 2.75) is 26.1 Å². The standard InChI is InChI=1S/C29H29FN8O/c1-18(21-8-10-23(30)11-9-21)36-29(39)24-12-20(13-31)15-35-28(24)34-14-19-4-6-22(7-5-19)25-16-33-26(17-38(2)3)27(32)37-25/h4-12,15-16,18H,14,17H2,1-3H3,(H2,32,37)(H,34,35)(H,36,39). The molecule has 0 aliphatic carbocycles. The first-order valence-electron chi connectivity index (χ1n) is 12.3. The van der Waals surface area contributed by atoms with Gasteiger partial charge in [-0.25, -0.2) is 14.4 Å². The van der Waals surface area contributed by atoms with E-state index in [0.29, 0.717) is 30.4 Å². The van der Waals surface area contributed by atoms with Crippen molar-refractivity contribution in [1.82, 2.24) is 25.2 Å². The first-order valence-corrected chi connectivity index (χ1v) is 12.3. The summed E-state index contributed by atoms with van der Waals surface area (Å²) in [6.45, 7) is 2.80. The highest BCUT2D eigenvalue weighted by molar-refractivity contribution is 5.99. The molecule has 9 nitrogen and oxygen atoms in total. The molecule has 4 aromatic rings. The Kier molecular flexibility index (Phi) is 8.43. The van der Waals surface area contributed by atoms with Gasteiger partial charge < -0.3 is 21.3 Å². The number of halogens is 1. The number of benzene rings is 2. The van der Waals surface area contributed by atoms with Gasteiger partial charge in [0.2, 0.25) is 0 Å². The summed E-state index contributed by atoms with van der Waals surface area (Å²) in [6, 6.07) is 16.8. The highest BCUT2D eigenvalue weighted by Gasteiger charge is 2.17. The van der Waals surface area contributed by atoms with E-state index in [-0.39, 0.29) is 23.0 Å². The minimum absolute atomic E-state index is 0.239. The molecular formula is C29H29FN8O. The number of nitrogens with one attached hydrogen (secondary N) is 2. The summed E-state index contributed by atoms with van der Waals surface area (Å²) in [5.74, 6) is -0.00349. The third kappa shape index (κ3) is 6.91. The van der Waals surface area contributed by atoms with Crippen molar-refractivity contribution >= 4 is 17.5 Å². The lowest BCUT2D eigenvalue weighted by atomic mass is 10.1. The summed E-state index contributed by atoms with van der Waals surface area (Å²) in [6.07, 6.45) is 3.12. The molecular weight excluding hydrogens is 495 g/mol. The van der Waals surface area contributed by atoms with E-state index >= 15 is 0 Å². The van der Waals surface area contributed by atoms with Gasteiger partial charge >= 0.3 is 0 Å². The minimum atomic E-state index is -0.400. The second-order valence-corrected chi connectivity index (χ2v) is 9.35. The van der Waals surface area contributed by atoms with E-state index in [1.54, 1.807) is 25.3 Å². The molecule has 0 aliphatic rings. The molecule has 1 atom stereocenters. The number of pyridine rings is 1. The van der Waals surface area contributed by atoms with Gasteiger partial charge in [0.1, 0.15) is 23.5 Å². The highest BCUT2D eigenvalue weighted by atomic mass is 19.1. The van der Waals surface area contributed by atoms with Crippen LogP contribution in [-0.4, -0.2) is 39.9 Å². The smallest absolute Gasteiger partial charge is 0.255 e. The van der Waals surface area contributed by atoms with Crippen molar-refractivity contribution in [3.63, 3.8) is 0 Å². The van der Waals surface area contributed by atoms with E-state index in [2.05, 4.69) is 25.6 Å². The third-order valence-corrected chi connectivity index (χ3v) is 6.03. The van der Waals surface area contributed by atoms with Gasteiger partial charge in [-0.3, -0.25) is 9.78 Å². The van der Waals surface area contributed by atoms with Gasteiger partial charge in [-0.15, -0.1) is 0 Å². The molecule has 2 heterocycles. The number of carbonyl (C=O) groups is 1. The van der Waals surface area contributed by atoms with Crippen molar-refractivity contribution in [2.24, 2.45) is 0 Å². The van der Waals surface area contributed by atoms with Gasteiger partial charge in [0.15, 0.2) is 0 Å². The van der Waals surface area contributed by atoms with E-state index < -0.39 is 5.91 Å². The molecule has 10 heteroatoms. The number of nitrogens with zero attached hydrogens (tertiary/aromatic N) is 5. The molecule has 2 aromatic carbocycles. The average Bonchev–Trinajstić information content (AvgIpc) is 2.93. The Bertz CT molecular complexity index is 1500. The zero-order valence-corrected chi connectivity index (χ0v) is 21.9. The van der Waals surface area contributed by atoms with Crippen molar-refractivity contribution in [3.8, 4) is 17.3 Å². The summed E-state index contributed by atoms with van der Waals surface area (Å²) in [5, 5.41) is 15.4. The maximum atomic E-state index is 13.3. The first-order chi connectivity index (χ1) is 18.7. The van der Waals surface area contributed by atoms with E-state index in [9.17, 15) is 14.4 Å². The van der Waals surface area contributed by atoms with Crippen LogP contribution >= 0.6 is 0 Å². The quantitative estimate of drug-likeness (QED) is 0.295. The number of anilines is 2. The SMILES string of the molecule is CC(NC(=O)c1cc(C#N)cnc1NCc1ccc(-c2cnc(CN(C)C)c(N)n2)cc1)c1ccc(F)cc1. The molecule has 4 rings (SSSR count). The predicted octanol–water partition coefficient (Wildman–Crippen LogP) is 4.30. The van der Waals surface area contributed by atoms with Gasteiger partial charge in [-0.2, -0.15) is 5.26 Å². The van der Waals surface area contributed by atoms with Gasteiger partial charge in [0.25, 0.3) is 5.91 Å². The number of rotatable bonds is 9. The second-order valence-electron chi connectivity index (χ2n) is 9.35. The van der Waals surface area contributed by atoms with Crippen molar-refractivity contribution < 1.29 is 9.18 Å². The monoisotopic (exact) mass is 524 g/mol. The summed E-state index contributed by atoms with van der Waals surface area (Å²) < 4.78 is 13.3. The fraction of sp³-hybridized carbons (Fsp3) is 0.207. The first kappa shape index (κ1) is 27.2. The maximum Gasteiger partial charge on any atom is 0.255 e. The Balaban J connectivity index is 1.46. The zero-order chi connectivity index (χ0) is 27.9. The predicted molar refractivity (Wildman–Crippen MR) is 148 cm³/mol. The molecule has 2 aromatic heterocycles. The van der Waals surface area contributed by atoms with Crippen LogP contribution in [0.25, 0.3) is 11.3 Å². The summed E-state index contributed by atoms with van der Waals surface area (Å²) >= 11 is 0. The fourth-order valence-electron chi connectivity index (χ4n) is 3.92. The topological polar surface area (TPSA) is 133 Å². The van der Waals surface area contributed by atoms with Crippen LogP contribution in [0.15, 0.2) is 67.0 Å². The average molecular weight is 525 g/mol.